The fourth-order valence-electron chi connectivity index (χ4n) is 3.03. The molecule has 0 radical (unpaired) electrons. The molecule has 4 atom stereocenters. The molecule has 0 aliphatic carbocycles. The average molecular weight is 369 g/mol. The number of hydrogen-bond acceptors (Lipinski definition) is 5. The van der Waals surface area contributed by atoms with E-state index >= 15 is 0 Å². The third kappa shape index (κ3) is 3.37. The first-order chi connectivity index (χ1) is 11.2. The molecule has 1 saturated heterocycles. The first-order valence-corrected chi connectivity index (χ1v) is 11.4. The lowest BCUT2D eigenvalue weighted by atomic mass is 10.1. The van der Waals surface area contributed by atoms with Crippen LogP contribution in [0.15, 0.2) is 12.3 Å². The minimum atomic E-state index is -1.21. The van der Waals surface area contributed by atoms with Crippen LogP contribution in [0.25, 0.3) is 11.0 Å². The van der Waals surface area contributed by atoms with Crippen LogP contribution in [-0.2, 0) is 4.74 Å². The lowest BCUT2D eigenvalue weighted by Gasteiger charge is -2.19. The number of aryl methyl sites for hydroxylation is 1. The molecule has 3 rings (SSSR count). The summed E-state index contributed by atoms with van der Waals surface area (Å²) >= 11 is 5.32. The molecule has 1 aliphatic rings. The van der Waals surface area contributed by atoms with Crippen molar-refractivity contribution in [1.29, 1.82) is 0 Å². The third-order valence-electron chi connectivity index (χ3n) is 4.33. The Morgan fingerprint density at radius 3 is 2.79 bits per heavy atom. The van der Waals surface area contributed by atoms with E-state index in [0.717, 1.165) is 11.5 Å². The summed E-state index contributed by atoms with van der Waals surface area (Å²) < 4.78 is 8.34. The lowest BCUT2D eigenvalue weighted by Crippen LogP contribution is -2.31. The molecule has 3 N–H and O–H groups in total. The van der Waals surface area contributed by atoms with Crippen molar-refractivity contribution in [3.8, 4) is 0 Å². The van der Waals surface area contributed by atoms with E-state index in [1.807, 2.05) is 13.0 Å². The average Bonchev–Trinajstić information content (AvgIpc) is 3.00. The van der Waals surface area contributed by atoms with Gasteiger partial charge in [0.25, 0.3) is 0 Å². The smallest absolute Gasteiger partial charge is 0.164 e. The minimum Gasteiger partial charge on any atom is -0.388 e. The molecule has 0 saturated carbocycles. The lowest BCUT2D eigenvalue weighted by molar-refractivity contribution is -0.0350. The van der Waals surface area contributed by atoms with Crippen molar-refractivity contribution in [1.82, 2.24) is 14.5 Å². The van der Waals surface area contributed by atoms with Crippen molar-refractivity contribution in [2.24, 2.45) is 0 Å². The van der Waals surface area contributed by atoms with Gasteiger partial charge in [0.05, 0.1) is 11.5 Å². The number of nitrogens with one attached hydrogen (secondary N) is 1. The number of aliphatic hydroxyl groups is 2. The van der Waals surface area contributed by atoms with Gasteiger partial charge in [-0.25, -0.2) is 4.98 Å². The molecule has 0 bridgehead atoms. The fourth-order valence-corrected chi connectivity index (χ4v) is 4.29. The first kappa shape index (κ1) is 17.8. The van der Waals surface area contributed by atoms with Gasteiger partial charge in [0, 0.05) is 6.20 Å². The molecule has 0 unspecified atom stereocenters. The van der Waals surface area contributed by atoms with Crippen molar-refractivity contribution in [3.63, 3.8) is 0 Å². The predicted octanol–water partition coefficient (Wildman–Crippen LogP) is 2.12. The van der Waals surface area contributed by atoms with E-state index in [4.69, 9.17) is 17.0 Å². The van der Waals surface area contributed by atoms with Gasteiger partial charge in [0.2, 0.25) is 0 Å². The number of ether oxygens (including phenoxy) is 1. The second kappa shape index (κ2) is 6.39. The standard InChI is InChI=1S/C16H24N3O3PS/c1-9-17-14-10(15(24)18-9)5-7-19(14)16-13(21)12(20)11(22-16)6-8-23(2,3)4/h5,7,11-13,16,20-21H,2,6,8H2,1,3-4H3,(H,17,18,24)/t11-,12-,13-,16-/m1/s1. The summed E-state index contributed by atoms with van der Waals surface area (Å²) in [5.41, 5.74) is 0.651. The van der Waals surface area contributed by atoms with Crippen LogP contribution >= 0.6 is 19.1 Å². The van der Waals surface area contributed by atoms with Crippen molar-refractivity contribution in [3.05, 3.63) is 22.7 Å². The van der Waals surface area contributed by atoms with Gasteiger partial charge in [-0.05, 0) is 38.9 Å². The zero-order valence-electron chi connectivity index (χ0n) is 14.1. The number of nitrogens with zero attached hydrogens (tertiary/aromatic N) is 2. The highest BCUT2D eigenvalue weighted by Crippen LogP contribution is 2.40. The molecule has 0 spiro atoms. The monoisotopic (exact) mass is 369 g/mol. The molecule has 0 amide bonds. The molecule has 3 heterocycles. The zero-order chi connectivity index (χ0) is 17.6. The summed E-state index contributed by atoms with van der Waals surface area (Å²) in [5, 5.41) is 21.6. The van der Waals surface area contributed by atoms with E-state index < -0.39 is 31.4 Å². The first-order valence-electron chi connectivity index (χ1n) is 7.94. The topological polar surface area (TPSA) is 83.3 Å². The Bertz CT molecular complexity index is 856. The molecule has 1 fully saturated rings. The molecule has 2 aromatic heterocycles. The number of hydrogen-bond donors (Lipinski definition) is 3. The van der Waals surface area contributed by atoms with Crippen molar-refractivity contribution < 1.29 is 14.9 Å². The number of fused-ring (bicyclic) bond motifs is 1. The van der Waals surface area contributed by atoms with Crippen LogP contribution < -0.4 is 0 Å². The van der Waals surface area contributed by atoms with Gasteiger partial charge in [0.1, 0.15) is 28.3 Å². The van der Waals surface area contributed by atoms with Gasteiger partial charge in [0.15, 0.2) is 6.23 Å². The van der Waals surface area contributed by atoms with E-state index in [9.17, 15) is 10.2 Å². The van der Waals surface area contributed by atoms with Crippen LogP contribution in [0.4, 0.5) is 0 Å². The van der Waals surface area contributed by atoms with Crippen LogP contribution in [-0.4, -0.2) is 68.9 Å². The van der Waals surface area contributed by atoms with Crippen LogP contribution in [0, 0.1) is 11.6 Å². The van der Waals surface area contributed by atoms with E-state index in [1.54, 1.807) is 10.8 Å². The van der Waals surface area contributed by atoms with Gasteiger partial charge in [-0.15, -0.1) is 13.2 Å². The molecule has 0 aromatic carbocycles. The number of aromatic nitrogens is 3. The second-order valence-electron chi connectivity index (χ2n) is 7.11. The van der Waals surface area contributed by atoms with E-state index in [2.05, 4.69) is 29.6 Å². The van der Waals surface area contributed by atoms with Crippen LogP contribution in [0.3, 0.4) is 0 Å². The van der Waals surface area contributed by atoms with E-state index in [-0.39, 0.29) is 0 Å². The Hall–Kier alpha value is -0.980. The molecule has 8 heteroatoms. The van der Waals surface area contributed by atoms with Gasteiger partial charge < -0.3 is 24.5 Å². The zero-order valence-corrected chi connectivity index (χ0v) is 15.8. The summed E-state index contributed by atoms with van der Waals surface area (Å²) in [6.45, 7) is 4.92. The molecule has 132 valence electrons. The molecular formula is C16H24N3O3PS. The Morgan fingerprint density at radius 1 is 1.42 bits per heavy atom. The summed E-state index contributed by atoms with van der Waals surface area (Å²) in [4.78, 5) is 7.49. The van der Waals surface area contributed by atoms with Crippen LogP contribution in [0.1, 0.15) is 18.5 Å². The van der Waals surface area contributed by atoms with Crippen molar-refractivity contribution in [2.75, 3.05) is 19.5 Å². The summed E-state index contributed by atoms with van der Waals surface area (Å²) in [7, 11) is 0. The molecule has 6 nitrogen and oxygen atoms in total. The van der Waals surface area contributed by atoms with Crippen LogP contribution in [0.2, 0.25) is 0 Å². The Balaban J connectivity index is 1.90. The van der Waals surface area contributed by atoms with Gasteiger partial charge in [-0.1, -0.05) is 12.2 Å². The molecule has 24 heavy (non-hydrogen) atoms. The Labute approximate surface area is 146 Å². The van der Waals surface area contributed by atoms with E-state index in [0.29, 0.717) is 22.5 Å². The SMILES string of the molecule is C=P(C)(C)CC[C@H]1O[C@@H](n2ccc3c(=S)[nH]c(C)nc32)[C@H](O)[C@@H]1O. The quantitative estimate of drug-likeness (QED) is 0.568. The van der Waals surface area contributed by atoms with Crippen molar-refractivity contribution >= 4 is 36.4 Å². The normalized spacial score (nSPS) is 27.9. The Kier molecular flexibility index (Phi) is 4.75. The number of H-pyrrole nitrogens is 1. The highest BCUT2D eigenvalue weighted by atomic mass is 32.1. The highest BCUT2D eigenvalue weighted by molar-refractivity contribution is 7.72. The van der Waals surface area contributed by atoms with Gasteiger partial charge in [-0.2, -0.15) is 0 Å². The largest absolute Gasteiger partial charge is 0.388 e. The van der Waals surface area contributed by atoms with E-state index in [1.165, 1.54) is 0 Å². The van der Waals surface area contributed by atoms with Crippen molar-refractivity contribution in [2.45, 2.75) is 37.9 Å². The fraction of sp³-hybridized carbons (Fsp3) is 0.562. The maximum Gasteiger partial charge on any atom is 0.164 e. The molecule has 2 aromatic rings. The highest BCUT2D eigenvalue weighted by Gasteiger charge is 2.43. The molecule has 1 aliphatic heterocycles. The maximum absolute atomic E-state index is 10.5. The predicted molar refractivity (Wildman–Crippen MR) is 101 cm³/mol. The van der Waals surface area contributed by atoms with Gasteiger partial charge in [-0.3, -0.25) is 0 Å². The van der Waals surface area contributed by atoms with Gasteiger partial charge >= 0.3 is 0 Å². The summed E-state index contributed by atoms with van der Waals surface area (Å²) in [6.07, 6.45) is 4.58. The minimum absolute atomic E-state index is 0.400. The number of rotatable bonds is 4. The Morgan fingerprint density at radius 2 is 2.12 bits per heavy atom. The maximum atomic E-state index is 10.5. The third-order valence-corrected chi connectivity index (χ3v) is 6.12. The van der Waals surface area contributed by atoms with Crippen LogP contribution in [0.5, 0.6) is 0 Å². The second-order valence-corrected chi connectivity index (χ2v) is 11.8. The summed E-state index contributed by atoms with van der Waals surface area (Å²) in [5.74, 6) is 0.695. The molecular weight excluding hydrogens is 345 g/mol. The number of aromatic amines is 1. The summed E-state index contributed by atoms with van der Waals surface area (Å²) in [6, 6.07) is 1.85. The number of aliphatic hydroxyl groups excluding tert-OH is 2.